The van der Waals surface area contributed by atoms with Crippen molar-refractivity contribution in [2.24, 2.45) is 0 Å². The second kappa shape index (κ2) is 8.27. The maximum Gasteiger partial charge on any atom is 0.147 e. The van der Waals surface area contributed by atoms with E-state index in [-0.39, 0.29) is 11.8 Å². The predicted octanol–water partition coefficient (Wildman–Crippen LogP) is 2.56. The zero-order valence-corrected chi connectivity index (χ0v) is 13.4. The van der Waals surface area contributed by atoms with Gasteiger partial charge in [0.25, 0.3) is 0 Å². The molecule has 0 heterocycles. The molecule has 0 fully saturated rings. The quantitative estimate of drug-likeness (QED) is 0.761. The molecule has 114 valence electrons. The van der Waals surface area contributed by atoms with Crippen molar-refractivity contribution in [1.82, 2.24) is 5.32 Å². The minimum atomic E-state index is -2.88. The predicted molar refractivity (Wildman–Crippen MR) is 83.0 cm³/mol. The van der Waals surface area contributed by atoms with Gasteiger partial charge in [0.1, 0.15) is 15.6 Å². The standard InChI is InChI=1S/C15H25NO3S/c1-4-10-19-14-8-5-7-13(12-14)15(16-2)9-6-11-20(3,17)18/h5,7-8,12,15-16H,4,6,9-11H2,1-3H3. The van der Waals surface area contributed by atoms with Crippen LogP contribution in [0.4, 0.5) is 0 Å². The van der Waals surface area contributed by atoms with E-state index in [4.69, 9.17) is 4.74 Å². The van der Waals surface area contributed by atoms with Crippen LogP contribution in [0.1, 0.15) is 37.8 Å². The van der Waals surface area contributed by atoms with Crippen molar-refractivity contribution in [3.05, 3.63) is 29.8 Å². The van der Waals surface area contributed by atoms with E-state index in [0.717, 1.165) is 24.2 Å². The highest BCUT2D eigenvalue weighted by molar-refractivity contribution is 7.90. The van der Waals surface area contributed by atoms with Gasteiger partial charge in [0.05, 0.1) is 6.61 Å². The van der Waals surface area contributed by atoms with Gasteiger partial charge < -0.3 is 10.1 Å². The Bertz CT molecular complexity index is 500. The Morgan fingerprint density at radius 1 is 1.35 bits per heavy atom. The molecule has 0 aromatic heterocycles. The van der Waals surface area contributed by atoms with Gasteiger partial charge in [-0.2, -0.15) is 0 Å². The van der Waals surface area contributed by atoms with E-state index in [1.807, 2.05) is 31.3 Å². The molecule has 1 N–H and O–H groups in total. The fourth-order valence-electron chi connectivity index (χ4n) is 2.07. The lowest BCUT2D eigenvalue weighted by Crippen LogP contribution is -2.17. The summed E-state index contributed by atoms with van der Waals surface area (Å²) in [4.78, 5) is 0. The summed E-state index contributed by atoms with van der Waals surface area (Å²) in [5.41, 5.74) is 1.13. The molecule has 20 heavy (non-hydrogen) atoms. The first kappa shape index (κ1) is 17.0. The zero-order valence-electron chi connectivity index (χ0n) is 12.6. The van der Waals surface area contributed by atoms with E-state index in [0.29, 0.717) is 13.0 Å². The van der Waals surface area contributed by atoms with Gasteiger partial charge in [0.15, 0.2) is 0 Å². The molecule has 1 rings (SSSR count). The highest BCUT2D eigenvalue weighted by Gasteiger charge is 2.11. The number of hydrogen-bond acceptors (Lipinski definition) is 4. The molecule has 4 nitrogen and oxygen atoms in total. The van der Waals surface area contributed by atoms with E-state index in [1.165, 1.54) is 6.26 Å². The van der Waals surface area contributed by atoms with Crippen LogP contribution in [-0.4, -0.2) is 34.1 Å². The lowest BCUT2D eigenvalue weighted by molar-refractivity contribution is 0.316. The van der Waals surface area contributed by atoms with Crippen molar-refractivity contribution >= 4 is 9.84 Å². The Morgan fingerprint density at radius 2 is 2.10 bits per heavy atom. The molecule has 1 unspecified atom stereocenters. The van der Waals surface area contributed by atoms with Crippen LogP contribution in [0.2, 0.25) is 0 Å². The molecule has 0 aliphatic rings. The Balaban J connectivity index is 2.64. The highest BCUT2D eigenvalue weighted by Crippen LogP contribution is 2.23. The summed E-state index contributed by atoms with van der Waals surface area (Å²) in [6.07, 6.45) is 3.71. The number of sulfone groups is 1. The van der Waals surface area contributed by atoms with Crippen LogP contribution in [0.3, 0.4) is 0 Å². The van der Waals surface area contributed by atoms with Crippen LogP contribution in [0.25, 0.3) is 0 Å². The van der Waals surface area contributed by atoms with Crippen molar-refractivity contribution in [2.75, 3.05) is 25.7 Å². The monoisotopic (exact) mass is 299 g/mol. The minimum Gasteiger partial charge on any atom is -0.494 e. The second-order valence-electron chi connectivity index (χ2n) is 5.03. The molecule has 0 radical (unpaired) electrons. The van der Waals surface area contributed by atoms with Crippen LogP contribution in [0, 0.1) is 0 Å². The van der Waals surface area contributed by atoms with Crippen molar-refractivity contribution in [1.29, 1.82) is 0 Å². The first-order valence-corrected chi connectivity index (χ1v) is 9.10. The molecule has 5 heteroatoms. The maximum atomic E-state index is 11.2. The van der Waals surface area contributed by atoms with Crippen LogP contribution >= 0.6 is 0 Å². The van der Waals surface area contributed by atoms with Crippen LogP contribution < -0.4 is 10.1 Å². The fourth-order valence-corrected chi connectivity index (χ4v) is 2.76. The second-order valence-corrected chi connectivity index (χ2v) is 7.29. The van der Waals surface area contributed by atoms with Gasteiger partial charge in [0.2, 0.25) is 0 Å². The summed E-state index contributed by atoms with van der Waals surface area (Å²) >= 11 is 0. The number of benzene rings is 1. The molecule has 0 aliphatic carbocycles. The third-order valence-electron chi connectivity index (χ3n) is 3.09. The maximum absolute atomic E-state index is 11.2. The summed E-state index contributed by atoms with van der Waals surface area (Å²) in [5, 5.41) is 3.24. The molecule has 1 aromatic rings. The van der Waals surface area contributed by atoms with Gasteiger partial charge in [-0.05, 0) is 44.0 Å². The summed E-state index contributed by atoms with van der Waals surface area (Å²) in [5.74, 6) is 1.10. The minimum absolute atomic E-state index is 0.155. The summed E-state index contributed by atoms with van der Waals surface area (Å²) in [6, 6.07) is 8.14. The van der Waals surface area contributed by atoms with Crippen molar-refractivity contribution in [2.45, 2.75) is 32.2 Å². The average Bonchev–Trinajstić information content (AvgIpc) is 2.40. The summed E-state index contributed by atoms with van der Waals surface area (Å²) < 4.78 is 28.0. The molecular formula is C15H25NO3S. The van der Waals surface area contributed by atoms with Gasteiger partial charge in [-0.25, -0.2) is 8.42 Å². The van der Waals surface area contributed by atoms with Crippen molar-refractivity contribution < 1.29 is 13.2 Å². The summed E-state index contributed by atoms with van der Waals surface area (Å²) in [6.45, 7) is 2.78. The van der Waals surface area contributed by atoms with E-state index in [2.05, 4.69) is 12.2 Å². The van der Waals surface area contributed by atoms with Gasteiger partial charge in [-0.15, -0.1) is 0 Å². The normalized spacial score (nSPS) is 13.2. The van der Waals surface area contributed by atoms with Gasteiger partial charge >= 0.3 is 0 Å². The Hall–Kier alpha value is -1.07. The smallest absolute Gasteiger partial charge is 0.147 e. The van der Waals surface area contributed by atoms with E-state index in [1.54, 1.807) is 0 Å². The topological polar surface area (TPSA) is 55.4 Å². The fraction of sp³-hybridized carbons (Fsp3) is 0.600. The number of hydrogen-bond donors (Lipinski definition) is 1. The first-order valence-electron chi connectivity index (χ1n) is 7.04. The SMILES string of the molecule is CCCOc1cccc(C(CCCS(C)(=O)=O)NC)c1. The van der Waals surface area contributed by atoms with Crippen molar-refractivity contribution in [3.8, 4) is 5.75 Å². The van der Waals surface area contributed by atoms with Gasteiger partial charge in [-0.3, -0.25) is 0 Å². The third-order valence-corrected chi connectivity index (χ3v) is 4.12. The Labute approximate surface area is 122 Å². The molecule has 1 atom stereocenters. The van der Waals surface area contributed by atoms with Crippen LogP contribution in [0.5, 0.6) is 5.75 Å². The largest absolute Gasteiger partial charge is 0.494 e. The zero-order chi connectivity index (χ0) is 15.0. The molecule has 0 aliphatic heterocycles. The third kappa shape index (κ3) is 6.39. The molecule has 0 saturated heterocycles. The molecule has 0 spiro atoms. The van der Waals surface area contributed by atoms with E-state index in [9.17, 15) is 8.42 Å². The van der Waals surface area contributed by atoms with Crippen LogP contribution in [0.15, 0.2) is 24.3 Å². The van der Waals surface area contributed by atoms with Crippen LogP contribution in [-0.2, 0) is 9.84 Å². The first-order chi connectivity index (χ1) is 9.46. The van der Waals surface area contributed by atoms with E-state index >= 15 is 0 Å². The summed E-state index contributed by atoms with van der Waals surface area (Å²) in [7, 11) is -0.989. The average molecular weight is 299 g/mol. The van der Waals surface area contributed by atoms with E-state index < -0.39 is 9.84 Å². The van der Waals surface area contributed by atoms with Crippen molar-refractivity contribution in [3.63, 3.8) is 0 Å². The van der Waals surface area contributed by atoms with Gasteiger partial charge in [0, 0.05) is 18.1 Å². The lowest BCUT2D eigenvalue weighted by atomic mass is 10.0. The Kier molecular flexibility index (Phi) is 7.02. The molecule has 0 bridgehead atoms. The number of rotatable bonds is 9. The molecular weight excluding hydrogens is 274 g/mol. The highest BCUT2D eigenvalue weighted by atomic mass is 32.2. The number of ether oxygens (including phenoxy) is 1. The molecule has 0 amide bonds. The Morgan fingerprint density at radius 3 is 2.70 bits per heavy atom. The lowest BCUT2D eigenvalue weighted by Gasteiger charge is -2.17. The molecule has 0 saturated carbocycles. The number of nitrogens with one attached hydrogen (secondary N) is 1. The molecule has 1 aromatic carbocycles. The van der Waals surface area contributed by atoms with Gasteiger partial charge in [-0.1, -0.05) is 19.1 Å².